The van der Waals surface area contributed by atoms with Gasteiger partial charge in [0.05, 0.1) is 7.11 Å². The van der Waals surface area contributed by atoms with E-state index in [1.165, 1.54) is 7.11 Å². The number of ether oxygens (including phenoxy) is 1. The van der Waals surface area contributed by atoms with Crippen molar-refractivity contribution in [3.05, 3.63) is 90.5 Å². The van der Waals surface area contributed by atoms with Gasteiger partial charge in [0.1, 0.15) is 0 Å². The number of methoxy groups -OCH3 is 1. The second-order valence-electron chi connectivity index (χ2n) is 7.45. The van der Waals surface area contributed by atoms with Gasteiger partial charge in [-0.1, -0.05) is 48.6 Å². The highest BCUT2D eigenvalue weighted by Crippen LogP contribution is 2.29. The molecule has 2 aromatic rings. The first-order valence-corrected chi connectivity index (χ1v) is 10.3. The van der Waals surface area contributed by atoms with Crippen molar-refractivity contribution >= 4 is 17.8 Å². The number of hydrogen-bond donors (Lipinski definition) is 0. The van der Waals surface area contributed by atoms with Crippen LogP contribution in [-0.4, -0.2) is 47.6 Å². The molecule has 0 aromatic heterocycles. The standard InChI is InChI=1S/C25H29N3O3.H2O/c1-4-6-15-28(24(29)26(14-5-2)17-20-10-8-7-9-11-20)23-13-12-21-18-27(25(30)31-3)19-22(21)16-23;/h4-5,7-13,16H,1-2,6,14-15,17-19H2,3H3;1H2. The van der Waals surface area contributed by atoms with E-state index in [0.29, 0.717) is 39.1 Å². The third-order valence-corrected chi connectivity index (χ3v) is 5.28. The zero-order valence-electron chi connectivity index (χ0n) is 18.5. The minimum atomic E-state index is -0.350. The molecule has 0 fully saturated rings. The molecule has 0 atom stereocenters. The van der Waals surface area contributed by atoms with E-state index >= 15 is 0 Å². The highest BCUT2D eigenvalue weighted by molar-refractivity contribution is 5.92. The lowest BCUT2D eigenvalue weighted by molar-refractivity contribution is 0.123. The Labute approximate surface area is 189 Å². The number of anilines is 1. The van der Waals surface area contributed by atoms with Gasteiger partial charge in [-0.25, -0.2) is 9.59 Å². The van der Waals surface area contributed by atoms with Crippen molar-refractivity contribution in [3.8, 4) is 0 Å². The Balaban J connectivity index is 0.00000363. The molecule has 0 saturated carbocycles. The lowest BCUT2D eigenvalue weighted by atomic mass is 10.1. The molecule has 1 aliphatic rings. The number of urea groups is 1. The number of amides is 3. The van der Waals surface area contributed by atoms with Crippen molar-refractivity contribution in [1.29, 1.82) is 0 Å². The average Bonchev–Trinajstić information content (AvgIpc) is 3.22. The summed E-state index contributed by atoms with van der Waals surface area (Å²) < 4.78 is 4.84. The average molecular weight is 438 g/mol. The molecule has 0 spiro atoms. The van der Waals surface area contributed by atoms with Gasteiger partial charge in [-0.2, -0.15) is 0 Å². The fourth-order valence-electron chi connectivity index (χ4n) is 3.70. The van der Waals surface area contributed by atoms with E-state index in [1.54, 1.807) is 20.8 Å². The molecule has 1 aliphatic heterocycles. The third kappa shape index (κ3) is 5.76. The molecule has 0 aliphatic carbocycles. The fourth-order valence-corrected chi connectivity index (χ4v) is 3.70. The van der Waals surface area contributed by atoms with Gasteiger partial charge < -0.3 is 15.1 Å². The van der Waals surface area contributed by atoms with Gasteiger partial charge in [0.2, 0.25) is 0 Å². The summed E-state index contributed by atoms with van der Waals surface area (Å²) in [5, 5.41) is 0. The summed E-state index contributed by atoms with van der Waals surface area (Å²) in [6.07, 6.45) is 3.87. The van der Waals surface area contributed by atoms with Gasteiger partial charge in [0.25, 0.3) is 0 Å². The van der Waals surface area contributed by atoms with Crippen LogP contribution in [0.1, 0.15) is 23.1 Å². The van der Waals surface area contributed by atoms with Gasteiger partial charge in [-0.15, -0.1) is 13.2 Å². The van der Waals surface area contributed by atoms with Crippen molar-refractivity contribution in [2.45, 2.75) is 26.1 Å². The monoisotopic (exact) mass is 437 g/mol. The molecule has 2 N–H and O–H groups in total. The molecule has 170 valence electrons. The van der Waals surface area contributed by atoms with E-state index < -0.39 is 0 Å². The molecule has 7 heteroatoms. The van der Waals surface area contributed by atoms with Crippen LogP contribution in [0.2, 0.25) is 0 Å². The number of benzene rings is 2. The molecular formula is C25H31N3O4. The number of fused-ring (bicyclic) bond motifs is 1. The van der Waals surface area contributed by atoms with Crippen LogP contribution in [0.5, 0.6) is 0 Å². The van der Waals surface area contributed by atoms with Gasteiger partial charge in [0, 0.05) is 38.4 Å². The topological polar surface area (TPSA) is 84.6 Å². The van der Waals surface area contributed by atoms with E-state index in [2.05, 4.69) is 13.2 Å². The first-order chi connectivity index (χ1) is 15.1. The van der Waals surface area contributed by atoms with Crippen LogP contribution < -0.4 is 4.90 Å². The van der Waals surface area contributed by atoms with Crippen molar-refractivity contribution in [1.82, 2.24) is 9.80 Å². The van der Waals surface area contributed by atoms with Crippen LogP contribution in [0.25, 0.3) is 0 Å². The first kappa shape index (κ1) is 24.7. The van der Waals surface area contributed by atoms with Gasteiger partial charge in [-0.3, -0.25) is 9.80 Å². The molecule has 7 nitrogen and oxygen atoms in total. The maximum absolute atomic E-state index is 13.5. The van der Waals surface area contributed by atoms with Crippen molar-refractivity contribution in [3.63, 3.8) is 0 Å². The third-order valence-electron chi connectivity index (χ3n) is 5.28. The lowest BCUT2D eigenvalue weighted by Gasteiger charge is -2.30. The Morgan fingerprint density at radius 1 is 1.06 bits per heavy atom. The van der Waals surface area contributed by atoms with E-state index in [1.807, 2.05) is 54.6 Å². The maximum Gasteiger partial charge on any atom is 0.410 e. The van der Waals surface area contributed by atoms with Crippen LogP contribution in [-0.2, 0) is 24.4 Å². The first-order valence-electron chi connectivity index (χ1n) is 10.3. The second kappa shape index (κ2) is 11.7. The largest absolute Gasteiger partial charge is 0.453 e. The molecule has 3 amide bonds. The summed E-state index contributed by atoms with van der Waals surface area (Å²) in [6, 6.07) is 15.7. The Kier molecular flexibility index (Phi) is 9.04. The molecular weight excluding hydrogens is 406 g/mol. The number of carbonyl (C=O) groups is 2. The number of carbonyl (C=O) groups excluding carboxylic acids is 2. The Hall–Kier alpha value is -3.58. The van der Waals surface area contributed by atoms with Crippen molar-refractivity contribution in [2.75, 3.05) is 25.1 Å². The smallest absolute Gasteiger partial charge is 0.410 e. The Morgan fingerprint density at radius 2 is 1.78 bits per heavy atom. The summed E-state index contributed by atoms with van der Waals surface area (Å²) >= 11 is 0. The SMILES string of the molecule is C=CCCN(C(=O)N(CC=C)Cc1ccccc1)c1ccc2c(c1)CN(C(=O)OC)C2.O. The zero-order valence-corrected chi connectivity index (χ0v) is 18.5. The van der Waals surface area contributed by atoms with Gasteiger partial charge >= 0.3 is 12.1 Å². The minimum Gasteiger partial charge on any atom is -0.453 e. The molecule has 0 bridgehead atoms. The summed E-state index contributed by atoms with van der Waals surface area (Å²) in [5.74, 6) is 0. The van der Waals surface area contributed by atoms with E-state index in [-0.39, 0.29) is 17.6 Å². The Morgan fingerprint density at radius 3 is 2.44 bits per heavy atom. The maximum atomic E-state index is 13.5. The molecule has 0 unspecified atom stereocenters. The molecule has 0 radical (unpaired) electrons. The quantitative estimate of drug-likeness (QED) is 0.582. The van der Waals surface area contributed by atoms with E-state index in [9.17, 15) is 9.59 Å². The fraction of sp³-hybridized carbons (Fsp3) is 0.280. The van der Waals surface area contributed by atoms with E-state index in [0.717, 1.165) is 22.4 Å². The van der Waals surface area contributed by atoms with E-state index in [4.69, 9.17) is 4.74 Å². The number of rotatable bonds is 8. The normalized spacial score (nSPS) is 11.7. The predicted molar refractivity (Wildman–Crippen MR) is 126 cm³/mol. The summed E-state index contributed by atoms with van der Waals surface area (Å²) in [7, 11) is 1.38. The highest BCUT2D eigenvalue weighted by Gasteiger charge is 2.27. The van der Waals surface area contributed by atoms with Crippen LogP contribution in [0.3, 0.4) is 0 Å². The number of nitrogens with zero attached hydrogens (tertiary/aromatic N) is 3. The summed E-state index contributed by atoms with van der Waals surface area (Å²) in [6.45, 7) is 10.1. The highest BCUT2D eigenvalue weighted by atomic mass is 16.5. The number of hydrogen-bond acceptors (Lipinski definition) is 3. The molecule has 3 rings (SSSR count). The van der Waals surface area contributed by atoms with Crippen LogP contribution >= 0.6 is 0 Å². The van der Waals surface area contributed by atoms with Gasteiger partial charge in [-0.05, 0) is 35.2 Å². The Bertz CT molecular complexity index is 945. The van der Waals surface area contributed by atoms with Crippen molar-refractivity contribution in [2.24, 2.45) is 0 Å². The zero-order chi connectivity index (χ0) is 22.2. The van der Waals surface area contributed by atoms with Crippen LogP contribution in [0, 0.1) is 0 Å². The summed E-state index contributed by atoms with van der Waals surface area (Å²) in [4.78, 5) is 30.6. The summed E-state index contributed by atoms with van der Waals surface area (Å²) in [5.41, 5.74) is 3.96. The molecule has 0 saturated heterocycles. The molecule has 2 aromatic carbocycles. The lowest BCUT2D eigenvalue weighted by Crippen LogP contribution is -2.43. The van der Waals surface area contributed by atoms with Crippen LogP contribution in [0.15, 0.2) is 73.8 Å². The van der Waals surface area contributed by atoms with Crippen LogP contribution in [0.4, 0.5) is 15.3 Å². The van der Waals surface area contributed by atoms with Gasteiger partial charge in [0.15, 0.2) is 0 Å². The predicted octanol–water partition coefficient (Wildman–Crippen LogP) is 4.13. The minimum absolute atomic E-state index is 0. The molecule has 1 heterocycles. The van der Waals surface area contributed by atoms with Crippen molar-refractivity contribution < 1.29 is 19.8 Å². The second-order valence-corrected chi connectivity index (χ2v) is 7.45. The molecule has 32 heavy (non-hydrogen) atoms.